The number of H-pyrrole nitrogens is 1. The number of halogens is 1. The van der Waals surface area contributed by atoms with Gasteiger partial charge in [0, 0.05) is 58.1 Å². The molecule has 5 aromatic rings. The number of nitrogens with one attached hydrogen (secondary N) is 1. The highest BCUT2D eigenvalue weighted by Crippen LogP contribution is 2.48. The van der Waals surface area contributed by atoms with E-state index in [0.717, 1.165) is 4.90 Å². The highest BCUT2D eigenvalue weighted by molar-refractivity contribution is 8.77. The van der Waals surface area contributed by atoms with Crippen molar-refractivity contribution in [3.8, 4) is 11.5 Å². The molecule has 0 bridgehead atoms. The predicted octanol–water partition coefficient (Wildman–Crippen LogP) is 8.33. The molecule has 2 amide bonds. The second-order valence-corrected chi connectivity index (χ2v) is 15.1. The Morgan fingerprint density at radius 3 is 2.56 bits per heavy atom. The molecule has 1 aliphatic heterocycles. The summed E-state index contributed by atoms with van der Waals surface area (Å²) >= 11 is 6.53. The lowest BCUT2D eigenvalue weighted by molar-refractivity contribution is -0.140. The van der Waals surface area contributed by atoms with Gasteiger partial charge in [-0.05, 0) is 48.9 Å². The number of para-hydroxylation sites is 1. The minimum Gasteiger partial charge on any atom is -0.497 e. The Labute approximate surface area is 312 Å². The van der Waals surface area contributed by atoms with Crippen LogP contribution in [0.3, 0.4) is 0 Å². The summed E-state index contributed by atoms with van der Waals surface area (Å²) in [6.07, 6.45) is -0.481. The molecule has 12 nitrogen and oxygen atoms in total. The molecular weight excluding hydrogens is 730 g/mol. The Balaban J connectivity index is 1.39. The van der Waals surface area contributed by atoms with E-state index in [1.807, 2.05) is 19.1 Å². The molecule has 2 aromatic heterocycles. The summed E-state index contributed by atoms with van der Waals surface area (Å²) in [7, 11) is 8.69. The fraction of sp³-hybridized carbons (Fsp3) is 0.297. The predicted molar refractivity (Wildman–Crippen MR) is 203 cm³/mol. The lowest BCUT2D eigenvalue weighted by atomic mass is 9.95. The van der Waals surface area contributed by atoms with Gasteiger partial charge in [0.2, 0.25) is 0 Å². The summed E-state index contributed by atoms with van der Waals surface area (Å²) in [5, 5.41) is 1.09. The Morgan fingerprint density at radius 1 is 1.08 bits per heavy atom. The van der Waals surface area contributed by atoms with Crippen LogP contribution >= 0.6 is 33.2 Å². The van der Waals surface area contributed by atoms with E-state index in [1.54, 1.807) is 63.5 Å². The van der Waals surface area contributed by atoms with Gasteiger partial charge in [0.1, 0.15) is 11.3 Å². The number of carbonyl (C=O) groups excluding carboxylic acids is 4. The number of anilines is 2. The average Bonchev–Trinajstić information content (AvgIpc) is 3.85. The zero-order valence-corrected chi connectivity index (χ0v) is 31.6. The Morgan fingerprint density at radius 2 is 1.85 bits per heavy atom. The second kappa shape index (κ2) is 15.4. The maximum atomic E-state index is 14.2. The molecule has 2 atom stereocenters. The molecule has 0 fully saturated rings. The van der Waals surface area contributed by atoms with Crippen molar-refractivity contribution < 1.29 is 42.5 Å². The van der Waals surface area contributed by atoms with Gasteiger partial charge in [-0.1, -0.05) is 40.6 Å². The average molecular weight is 766 g/mol. The molecule has 1 unspecified atom stereocenters. The van der Waals surface area contributed by atoms with Gasteiger partial charge in [0.05, 0.1) is 50.2 Å². The van der Waals surface area contributed by atoms with E-state index in [2.05, 4.69) is 4.98 Å². The van der Waals surface area contributed by atoms with E-state index >= 15 is 0 Å². The number of amides is 2. The minimum atomic E-state index is -0.718. The quantitative estimate of drug-likeness (QED) is 0.0788. The first-order chi connectivity index (χ1) is 25.0. The van der Waals surface area contributed by atoms with Crippen molar-refractivity contribution in [1.29, 1.82) is 0 Å². The molecule has 0 spiro atoms. The van der Waals surface area contributed by atoms with Crippen molar-refractivity contribution in [2.24, 2.45) is 0 Å². The van der Waals surface area contributed by atoms with Crippen LogP contribution in [0.5, 0.6) is 11.5 Å². The van der Waals surface area contributed by atoms with Crippen LogP contribution < -0.4 is 19.3 Å². The zero-order chi connectivity index (χ0) is 37.3. The molecule has 3 heterocycles. The van der Waals surface area contributed by atoms with Gasteiger partial charge in [-0.3, -0.25) is 14.5 Å². The fourth-order valence-electron chi connectivity index (χ4n) is 6.22. The zero-order valence-electron chi connectivity index (χ0n) is 29.2. The molecule has 1 aliphatic rings. The molecule has 0 saturated carbocycles. The molecule has 0 aliphatic carbocycles. The van der Waals surface area contributed by atoms with Crippen molar-refractivity contribution in [3.05, 3.63) is 77.2 Å². The number of alkyl halides is 1. The van der Waals surface area contributed by atoms with E-state index in [0.29, 0.717) is 50.3 Å². The standard InChI is InChI=1S/C37H36ClN3O9S2/c1-19(13-30(42)47-5)51-52-29-10-8-7-9-24(29)40(3)37(45)50-27-16-25-32(33-31(36(44)48-6)20(2)39-34(27)33)22(17-38)18-41(25)35(43)28-15-21-14-23(46-4)11-12-26(21)49-28/h7-12,14-16,19,22,39H,13,17-18H2,1-6H3/t19?,22-/m1/s1. The number of rotatable bonds is 11. The summed E-state index contributed by atoms with van der Waals surface area (Å²) < 4.78 is 27.3. The van der Waals surface area contributed by atoms with E-state index < -0.39 is 18.0 Å². The number of carbonyl (C=O) groups is 4. The number of aromatic amines is 1. The van der Waals surface area contributed by atoms with Crippen molar-refractivity contribution in [2.75, 3.05) is 50.6 Å². The van der Waals surface area contributed by atoms with Crippen LogP contribution in [0.25, 0.3) is 21.9 Å². The Kier molecular flexibility index (Phi) is 11.0. The van der Waals surface area contributed by atoms with E-state index in [-0.39, 0.29) is 53.1 Å². The number of hydrogen-bond acceptors (Lipinski definition) is 11. The lowest BCUT2D eigenvalue weighted by Crippen LogP contribution is -2.30. The van der Waals surface area contributed by atoms with Crippen molar-refractivity contribution in [1.82, 2.24) is 4.98 Å². The normalized spacial score (nSPS) is 14.3. The van der Waals surface area contributed by atoms with Crippen LogP contribution in [0.15, 0.2) is 63.9 Å². The van der Waals surface area contributed by atoms with Crippen LogP contribution in [0, 0.1) is 6.92 Å². The number of ether oxygens (including phenoxy) is 4. The molecule has 0 saturated heterocycles. The Hall–Kier alpha value is -4.79. The van der Waals surface area contributed by atoms with Crippen LogP contribution in [-0.4, -0.2) is 75.0 Å². The first-order valence-corrected chi connectivity index (χ1v) is 18.9. The maximum absolute atomic E-state index is 14.2. The highest BCUT2D eigenvalue weighted by atomic mass is 35.5. The number of aryl methyl sites for hydroxylation is 1. The van der Waals surface area contributed by atoms with Gasteiger partial charge in [-0.2, -0.15) is 0 Å². The molecular formula is C37H36ClN3O9S2. The monoisotopic (exact) mass is 765 g/mol. The highest BCUT2D eigenvalue weighted by Gasteiger charge is 2.39. The topological polar surface area (TPSA) is 141 Å². The molecule has 52 heavy (non-hydrogen) atoms. The van der Waals surface area contributed by atoms with Crippen molar-refractivity contribution in [3.63, 3.8) is 0 Å². The number of fused-ring (bicyclic) bond motifs is 4. The number of furan rings is 1. The Bertz CT molecular complexity index is 2200. The number of esters is 2. The first-order valence-electron chi connectivity index (χ1n) is 16.2. The number of nitrogens with zero attached hydrogens (tertiary/aromatic N) is 2. The number of methoxy groups -OCH3 is 3. The maximum Gasteiger partial charge on any atom is 0.419 e. The van der Waals surface area contributed by atoms with Crippen molar-refractivity contribution in [2.45, 2.75) is 36.3 Å². The molecule has 0 radical (unpaired) electrons. The molecule has 272 valence electrons. The molecule has 6 rings (SSSR count). The number of aromatic nitrogens is 1. The third-order valence-corrected chi connectivity index (χ3v) is 12.1. The third kappa shape index (κ3) is 7.02. The molecule has 3 aromatic carbocycles. The summed E-state index contributed by atoms with van der Waals surface area (Å²) in [4.78, 5) is 60.0. The lowest BCUT2D eigenvalue weighted by Gasteiger charge is -2.21. The first kappa shape index (κ1) is 37.0. The summed E-state index contributed by atoms with van der Waals surface area (Å²) in [5.41, 5.74) is 3.27. The van der Waals surface area contributed by atoms with E-state index in [4.69, 9.17) is 35.0 Å². The third-order valence-electron chi connectivity index (χ3n) is 8.79. The van der Waals surface area contributed by atoms with Gasteiger partial charge in [0.25, 0.3) is 5.91 Å². The largest absolute Gasteiger partial charge is 0.497 e. The van der Waals surface area contributed by atoms with Crippen LogP contribution in [-0.2, 0) is 14.3 Å². The second-order valence-electron chi connectivity index (χ2n) is 12.1. The minimum absolute atomic E-state index is 0.0487. The molecule has 1 N–H and O–H groups in total. The fourth-order valence-corrected chi connectivity index (χ4v) is 8.80. The van der Waals surface area contributed by atoms with Gasteiger partial charge in [-0.15, -0.1) is 11.6 Å². The summed E-state index contributed by atoms with van der Waals surface area (Å²) in [5.74, 6) is -0.767. The van der Waals surface area contributed by atoms with Crippen LogP contribution in [0.4, 0.5) is 16.2 Å². The van der Waals surface area contributed by atoms with Gasteiger partial charge < -0.3 is 33.2 Å². The van der Waals surface area contributed by atoms with Crippen LogP contribution in [0.2, 0.25) is 0 Å². The van der Waals surface area contributed by atoms with Gasteiger partial charge in [-0.25, -0.2) is 9.59 Å². The van der Waals surface area contributed by atoms with E-state index in [9.17, 15) is 19.2 Å². The van der Waals surface area contributed by atoms with Crippen molar-refractivity contribution >= 4 is 90.4 Å². The van der Waals surface area contributed by atoms with Gasteiger partial charge in [0.15, 0.2) is 11.5 Å². The van der Waals surface area contributed by atoms with Gasteiger partial charge >= 0.3 is 18.0 Å². The summed E-state index contributed by atoms with van der Waals surface area (Å²) in [6.45, 7) is 3.83. The molecule has 15 heteroatoms. The number of benzene rings is 3. The smallest absolute Gasteiger partial charge is 0.419 e. The SMILES string of the molecule is COC(=O)CC(C)SSc1ccccc1N(C)C(=O)Oc1cc2c(c3c(C(=O)OC)c(C)[nH]c13)[C@H](CCl)CN2C(=O)c1cc2cc(OC)ccc2o1. The summed E-state index contributed by atoms with van der Waals surface area (Å²) in [6, 6.07) is 15.8. The van der Waals surface area contributed by atoms with Crippen LogP contribution in [0.1, 0.15) is 51.4 Å². The van der Waals surface area contributed by atoms with E-state index in [1.165, 1.54) is 45.6 Å². The number of hydrogen-bond donors (Lipinski definition) is 1.